The summed E-state index contributed by atoms with van der Waals surface area (Å²) in [4.78, 5) is 0. The van der Waals surface area contributed by atoms with Gasteiger partial charge in [0.1, 0.15) is 0 Å². The normalized spacial score (nSPS) is 10.0. The zero-order valence-corrected chi connectivity index (χ0v) is 9.48. The number of hydrogen-bond donors (Lipinski definition) is 0. The molecule has 1 aromatic rings. The smallest absolute Gasteiger partial charge is 0.174 e. The third-order valence-electron chi connectivity index (χ3n) is 1.40. The van der Waals surface area contributed by atoms with Crippen molar-refractivity contribution in [3.05, 3.63) is 37.2 Å². The minimum Gasteiger partial charge on any atom is -0.748 e. The second kappa shape index (κ2) is 7.14. The molecular formula is C10H15NO3S. The molecule has 4 nitrogen and oxygen atoms in total. The molecule has 0 spiro atoms. The summed E-state index contributed by atoms with van der Waals surface area (Å²) in [6.07, 6.45) is 6.03. The number of nitrogens with zero attached hydrogens (tertiary/aromatic N) is 1. The van der Waals surface area contributed by atoms with Crippen LogP contribution < -0.4 is 4.57 Å². The van der Waals surface area contributed by atoms with Gasteiger partial charge in [-0.2, -0.15) is 4.57 Å². The molecule has 0 aliphatic heterocycles. The van der Waals surface area contributed by atoms with E-state index in [2.05, 4.69) is 6.58 Å². The summed E-state index contributed by atoms with van der Waals surface area (Å²) in [6, 6.07) is 5.89. The lowest BCUT2D eigenvalue weighted by atomic mass is 10.5. The molecule has 0 N–H and O–H groups in total. The Kier molecular flexibility index (Phi) is 6.57. The van der Waals surface area contributed by atoms with Crippen LogP contribution in [0.25, 0.3) is 6.20 Å². The SMILES string of the molecule is C=C[n+]1ccccc1.CCCS(=O)(=O)[O-]. The highest BCUT2D eigenvalue weighted by molar-refractivity contribution is 7.85. The molecule has 0 aliphatic carbocycles. The van der Waals surface area contributed by atoms with Gasteiger partial charge in [-0.05, 0) is 13.0 Å². The van der Waals surface area contributed by atoms with Gasteiger partial charge in [-0.1, -0.05) is 13.0 Å². The lowest BCUT2D eigenvalue weighted by Gasteiger charge is -2.00. The first-order chi connectivity index (χ1) is 6.99. The van der Waals surface area contributed by atoms with E-state index < -0.39 is 10.1 Å². The minimum absolute atomic E-state index is 0.243. The molecule has 5 heteroatoms. The van der Waals surface area contributed by atoms with Crippen molar-refractivity contribution in [1.82, 2.24) is 0 Å². The molecule has 0 saturated heterocycles. The Morgan fingerprint density at radius 1 is 1.33 bits per heavy atom. The van der Waals surface area contributed by atoms with Crippen LogP contribution in [-0.2, 0) is 10.1 Å². The monoisotopic (exact) mass is 229 g/mol. The quantitative estimate of drug-likeness (QED) is 0.574. The van der Waals surface area contributed by atoms with Crippen LogP contribution in [0.1, 0.15) is 13.3 Å². The third-order valence-corrected chi connectivity index (χ3v) is 2.31. The van der Waals surface area contributed by atoms with Crippen molar-refractivity contribution in [2.24, 2.45) is 0 Å². The molecule has 0 unspecified atom stereocenters. The number of pyridine rings is 1. The molecule has 0 radical (unpaired) electrons. The van der Waals surface area contributed by atoms with Gasteiger partial charge in [0.15, 0.2) is 18.6 Å². The topological polar surface area (TPSA) is 61.1 Å². The van der Waals surface area contributed by atoms with E-state index in [1.165, 1.54) is 0 Å². The molecule has 84 valence electrons. The average molecular weight is 229 g/mol. The van der Waals surface area contributed by atoms with Crippen molar-refractivity contribution < 1.29 is 17.5 Å². The van der Waals surface area contributed by atoms with Crippen molar-refractivity contribution in [3.8, 4) is 0 Å². The van der Waals surface area contributed by atoms with E-state index >= 15 is 0 Å². The number of rotatable bonds is 3. The van der Waals surface area contributed by atoms with Gasteiger partial charge >= 0.3 is 0 Å². The van der Waals surface area contributed by atoms with Crippen molar-refractivity contribution in [3.63, 3.8) is 0 Å². The molecule has 0 aliphatic rings. The summed E-state index contributed by atoms with van der Waals surface area (Å²) in [6.45, 7) is 5.24. The van der Waals surface area contributed by atoms with E-state index in [9.17, 15) is 13.0 Å². The second-order valence-corrected chi connectivity index (χ2v) is 4.29. The van der Waals surface area contributed by atoms with Gasteiger partial charge in [0.2, 0.25) is 0 Å². The zero-order valence-electron chi connectivity index (χ0n) is 8.67. The molecule has 0 saturated carbocycles. The van der Waals surface area contributed by atoms with Crippen LogP contribution in [0.2, 0.25) is 0 Å². The first-order valence-corrected chi connectivity index (χ1v) is 6.09. The van der Waals surface area contributed by atoms with Crippen molar-refractivity contribution >= 4 is 16.3 Å². The highest BCUT2D eigenvalue weighted by atomic mass is 32.2. The lowest BCUT2D eigenvalue weighted by molar-refractivity contribution is -0.567. The van der Waals surface area contributed by atoms with Crippen LogP contribution in [0.4, 0.5) is 0 Å². The van der Waals surface area contributed by atoms with Gasteiger partial charge in [0, 0.05) is 17.9 Å². The van der Waals surface area contributed by atoms with Crippen LogP contribution in [0.5, 0.6) is 0 Å². The summed E-state index contributed by atoms with van der Waals surface area (Å²) < 4.78 is 30.9. The summed E-state index contributed by atoms with van der Waals surface area (Å²) >= 11 is 0. The highest BCUT2D eigenvalue weighted by Crippen LogP contribution is 1.83. The molecular weight excluding hydrogens is 214 g/mol. The zero-order chi connectivity index (χ0) is 11.7. The van der Waals surface area contributed by atoms with Gasteiger partial charge in [0.05, 0.1) is 10.1 Å². The molecule has 0 atom stereocenters. The standard InChI is InChI=1S/C7H8N.C3H8O3S/c1-2-8-6-4-3-5-7-8;1-2-3-7(4,5)6/h2-7H,1H2;2-3H2,1H3,(H,4,5,6)/q+1;/p-1. The van der Waals surface area contributed by atoms with Crippen molar-refractivity contribution in [2.45, 2.75) is 13.3 Å². The average Bonchev–Trinajstić information content (AvgIpc) is 2.18. The molecule has 1 aromatic heterocycles. The molecule has 1 heterocycles. The van der Waals surface area contributed by atoms with Crippen LogP contribution >= 0.6 is 0 Å². The lowest BCUT2D eigenvalue weighted by Crippen LogP contribution is -2.22. The summed E-state index contributed by atoms with van der Waals surface area (Å²) in [5.74, 6) is -0.243. The van der Waals surface area contributed by atoms with E-state index in [0.29, 0.717) is 6.42 Å². The predicted molar refractivity (Wildman–Crippen MR) is 57.9 cm³/mol. The fraction of sp³-hybridized carbons (Fsp3) is 0.300. The van der Waals surface area contributed by atoms with Crippen molar-refractivity contribution in [1.29, 1.82) is 0 Å². The van der Waals surface area contributed by atoms with Gasteiger partial charge in [-0.25, -0.2) is 8.42 Å². The molecule has 0 aromatic carbocycles. The largest absolute Gasteiger partial charge is 0.748 e. The molecule has 0 bridgehead atoms. The van der Waals surface area contributed by atoms with E-state index in [1.54, 1.807) is 13.1 Å². The van der Waals surface area contributed by atoms with Gasteiger partial charge in [-0.15, -0.1) is 0 Å². The van der Waals surface area contributed by atoms with E-state index in [1.807, 2.05) is 35.2 Å². The van der Waals surface area contributed by atoms with E-state index in [-0.39, 0.29) is 5.75 Å². The Bertz CT molecular complexity index is 373. The third kappa shape index (κ3) is 9.11. The Labute approximate surface area is 90.6 Å². The number of aromatic nitrogens is 1. The first kappa shape index (κ1) is 13.8. The maximum Gasteiger partial charge on any atom is 0.174 e. The fourth-order valence-corrected chi connectivity index (χ4v) is 1.28. The Morgan fingerprint density at radius 3 is 2.07 bits per heavy atom. The Morgan fingerprint density at radius 2 is 1.87 bits per heavy atom. The van der Waals surface area contributed by atoms with Crippen LogP contribution in [0, 0.1) is 0 Å². The predicted octanol–water partition coefficient (Wildman–Crippen LogP) is 1.02. The Hall–Kier alpha value is -1.20. The van der Waals surface area contributed by atoms with Crippen molar-refractivity contribution in [2.75, 3.05) is 5.75 Å². The first-order valence-electron chi connectivity index (χ1n) is 4.51. The Balaban J connectivity index is 0.000000265. The molecule has 15 heavy (non-hydrogen) atoms. The van der Waals surface area contributed by atoms with Gasteiger partial charge in [0.25, 0.3) is 0 Å². The van der Waals surface area contributed by atoms with Gasteiger partial charge < -0.3 is 4.55 Å². The number of hydrogen-bond acceptors (Lipinski definition) is 3. The summed E-state index contributed by atoms with van der Waals surface area (Å²) in [5, 5.41) is 0. The van der Waals surface area contributed by atoms with Crippen LogP contribution in [-0.4, -0.2) is 18.7 Å². The fourth-order valence-electron chi connectivity index (χ4n) is 0.784. The van der Waals surface area contributed by atoms with E-state index in [0.717, 1.165) is 0 Å². The molecule has 1 rings (SSSR count). The summed E-state index contributed by atoms with van der Waals surface area (Å²) in [5.41, 5.74) is 0. The van der Waals surface area contributed by atoms with Gasteiger partial charge in [-0.3, -0.25) is 0 Å². The summed E-state index contributed by atoms with van der Waals surface area (Å²) in [7, 11) is -3.92. The maximum atomic E-state index is 9.68. The second-order valence-electron chi connectivity index (χ2n) is 2.77. The van der Waals surface area contributed by atoms with Crippen LogP contribution in [0.3, 0.4) is 0 Å². The van der Waals surface area contributed by atoms with E-state index in [4.69, 9.17) is 0 Å². The molecule has 0 fully saturated rings. The highest BCUT2D eigenvalue weighted by Gasteiger charge is 1.86. The van der Waals surface area contributed by atoms with Crippen LogP contribution in [0.15, 0.2) is 37.2 Å². The maximum absolute atomic E-state index is 9.68. The molecule has 0 amide bonds. The minimum atomic E-state index is -3.92.